The molecular weight excluding hydrogens is 132 g/mol. The van der Waals surface area contributed by atoms with Crippen LogP contribution in [0.5, 0.6) is 0 Å². The topological polar surface area (TPSA) is 70.0 Å². The van der Waals surface area contributed by atoms with Gasteiger partial charge in [-0.05, 0) is 6.92 Å². The van der Waals surface area contributed by atoms with Crippen molar-refractivity contribution in [3.8, 4) is 6.07 Å². The van der Waals surface area contributed by atoms with Crippen molar-refractivity contribution in [3.05, 3.63) is 0 Å². The van der Waals surface area contributed by atoms with E-state index in [1.54, 1.807) is 6.07 Å². The Labute approximate surface area is 58.8 Å². The van der Waals surface area contributed by atoms with Crippen molar-refractivity contribution in [2.24, 2.45) is 0 Å². The maximum atomic E-state index is 10.5. The second kappa shape index (κ2) is 4.50. The van der Waals surface area contributed by atoms with Gasteiger partial charge in [0.2, 0.25) is 5.91 Å². The molecule has 54 valence electrons. The third kappa shape index (κ3) is 4.78. The van der Waals surface area contributed by atoms with Crippen molar-refractivity contribution in [1.82, 2.24) is 5.32 Å². The largest absolute Gasteiger partial charge is 0.348 e. The van der Waals surface area contributed by atoms with Crippen LogP contribution in [0.4, 0.5) is 0 Å². The Bertz CT molecular complexity index is 181. The lowest BCUT2D eigenvalue weighted by atomic mass is 10.4. The van der Waals surface area contributed by atoms with E-state index >= 15 is 0 Å². The molecule has 0 rings (SSSR count). The predicted molar refractivity (Wildman–Crippen MR) is 33.9 cm³/mol. The maximum Gasteiger partial charge on any atom is 0.234 e. The SMILES string of the molecule is CC(=O)CNC(=O)CC#N. The minimum absolute atomic E-state index is 0.0144. The lowest BCUT2D eigenvalue weighted by Crippen LogP contribution is -2.27. The normalized spacial score (nSPS) is 8.00. The molecule has 0 atom stereocenters. The van der Waals surface area contributed by atoms with Crippen molar-refractivity contribution in [1.29, 1.82) is 5.26 Å². The van der Waals surface area contributed by atoms with Gasteiger partial charge in [0, 0.05) is 0 Å². The zero-order valence-corrected chi connectivity index (χ0v) is 5.68. The zero-order chi connectivity index (χ0) is 7.98. The highest BCUT2D eigenvalue weighted by atomic mass is 16.2. The molecular formula is C6H8N2O2. The van der Waals surface area contributed by atoms with Crippen LogP contribution >= 0.6 is 0 Å². The van der Waals surface area contributed by atoms with Crippen molar-refractivity contribution in [2.75, 3.05) is 6.54 Å². The number of rotatable bonds is 3. The fraction of sp³-hybridized carbons (Fsp3) is 0.500. The summed E-state index contributed by atoms with van der Waals surface area (Å²) in [6, 6.07) is 1.67. The predicted octanol–water partition coefficient (Wildman–Crippen LogP) is -0.395. The standard InChI is InChI=1S/C6H8N2O2/c1-5(9)4-8-6(10)2-3-7/h2,4H2,1H3,(H,8,10). The molecule has 0 aromatic heterocycles. The summed E-state index contributed by atoms with van der Waals surface area (Å²) in [7, 11) is 0. The number of nitriles is 1. The lowest BCUT2D eigenvalue weighted by Gasteiger charge is -1.95. The smallest absolute Gasteiger partial charge is 0.234 e. The molecule has 0 aromatic rings. The van der Waals surface area contributed by atoms with E-state index in [0.717, 1.165) is 0 Å². The number of ketones is 1. The van der Waals surface area contributed by atoms with E-state index in [1.165, 1.54) is 6.92 Å². The number of hydrogen-bond donors (Lipinski definition) is 1. The van der Waals surface area contributed by atoms with Crippen LogP contribution in [0.2, 0.25) is 0 Å². The van der Waals surface area contributed by atoms with Crippen molar-refractivity contribution in [3.63, 3.8) is 0 Å². The number of amides is 1. The van der Waals surface area contributed by atoms with E-state index in [1.807, 2.05) is 0 Å². The first-order valence-corrected chi connectivity index (χ1v) is 2.80. The molecule has 0 aliphatic rings. The molecule has 0 bridgehead atoms. The lowest BCUT2D eigenvalue weighted by molar-refractivity contribution is -0.123. The maximum absolute atomic E-state index is 10.5. The molecule has 0 aliphatic heterocycles. The van der Waals surface area contributed by atoms with Gasteiger partial charge in [-0.2, -0.15) is 5.26 Å². The molecule has 0 fully saturated rings. The van der Waals surface area contributed by atoms with Gasteiger partial charge in [-0.3, -0.25) is 9.59 Å². The molecule has 0 saturated heterocycles. The summed E-state index contributed by atoms with van der Waals surface area (Å²) in [4.78, 5) is 20.7. The molecule has 4 heteroatoms. The minimum atomic E-state index is -0.405. The van der Waals surface area contributed by atoms with Crippen molar-refractivity contribution in [2.45, 2.75) is 13.3 Å². The van der Waals surface area contributed by atoms with Gasteiger partial charge in [-0.1, -0.05) is 0 Å². The first kappa shape index (κ1) is 8.63. The van der Waals surface area contributed by atoms with E-state index in [-0.39, 0.29) is 18.7 Å². The Morgan fingerprint density at radius 1 is 1.60 bits per heavy atom. The number of nitrogens with zero attached hydrogens (tertiary/aromatic N) is 1. The number of hydrogen-bond acceptors (Lipinski definition) is 3. The van der Waals surface area contributed by atoms with Gasteiger partial charge in [0.25, 0.3) is 0 Å². The van der Waals surface area contributed by atoms with Gasteiger partial charge in [-0.25, -0.2) is 0 Å². The molecule has 0 aliphatic carbocycles. The third-order valence-corrected chi connectivity index (χ3v) is 0.774. The van der Waals surface area contributed by atoms with Crippen LogP contribution in [0.3, 0.4) is 0 Å². The molecule has 0 saturated carbocycles. The summed E-state index contributed by atoms with van der Waals surface area (Å²) < 4.78 is 0. The molecule has 0 heterocycles. The molecule has 1 amide bonds. The average molecular weight is 140 g/mol. The first-order chi connectivity index (χ1) is 4.66. The summed E-state index contributed by atoms with van der Waals surface area (Å²) in [6.45, 7) is 1.38. The van der Waals surface area contributed by atoms with E-state index in [9.17, 15) is 9.59 Å². The van der Waals surface area contributed by atoms with Crippen LogP contribution < -0.4 is 5.32 Å². The van der Waals surface area contributed by atoms with Gasteiger partial charge in [0.1, 0.15) is 12.2 Å². The Hall–Kier alpha value is -1.37. The van der Waals surface area contributed by atoms with Crippen LogP contribution in [0.15, 0.2) is 0 Å². The quantitative estimate of drug-likeness (QED) is 0.580. The van der Waals surface area contributed by atoms with Crippen LogP contribution in [-0.2, 0) is 9.59 Å². The second-order valence-electron chi connectivity index (χ2n) is 1.81. The van der Waals surface area contributed by atoms with E-state index in [4.69, 9.17) is 5.26 Å². The molecule has 1 N–H and O–H groups in total. The average Bonchev–Trinajstić information content (AvgIpc) is 1.85. The van der Waals surface area contributed by atoms with E-state index in [2.05, 4.69) is 5.32 Å². The Morgan fingerprint density at radius 3 is 2.60 bits per heavy atom. The zero-order valence-electron chi connectivity index (χ0n) is 5.68. The Balaban J connectivity index is 3.42. The molecule has 4 nitrogen and oxygen atoms in total. The highest BCUT2D eigenvalue weighted by molar-refractivity contribution is 5.85. The number of carbonyl (C=O) groups is 2. The fourth-order valence-corrected chi connectivity index (χ4v) is 0.357. The van der Waals surface area contributed by atoms with E-state index < -0.39 is 5.91 Å². The fourth-order valence-electron chi connectivity index (χ4n) is 0.357. The Kier molecular flexibility index (Phi) is 3.89. The van der Waals surface area contributed by atoms with Crippen LogP contribution in [-0.4, -0.2) is 18.2 Å². The molecule has 0 radical (unpaired) electrons. The van der Waals surface area contributed by atoms with Crippen molar-refractivity contribution < 1.29 is 9.59 Å². The number of Topliss-reactive ketones (excluding diaryl/α,β-unsaturated/α-hetero) is 1. The second-order valence-corrected chi connectivity index (χ2v) is 1.81. The highest BCUT2D eigenvalue weighted by Gasteiger charge is 1.98. The van der Waals surface area contributed by atoms with Gasteiger partial charge < -0.3 is 5.32 Å². The summed E-state index contributed by atoms with van der Waals surface area (Å²) in [5.41, 5.74) is 0. The minimum Gasteiger partial charge on any atom is -0.348 e. The van der Waals surface area contributed by atoms with Crippen molar-refractivity contribution >= 4 is 11.7 Å². The van der Waals surface area contributed by atoms with Crippen LogP contribution in [0, 0.1) is 11.3 Å². The van der Waals surface area contributed by atoms with Crippen LogP contribution in [0.25, 0.3) is 0 Å². The third-order valence-electron chi connectivity index (χ3n) is 0.774. The summed E-state index contributed by atoms with van der Waals surface area (Å²) in [6.07, 6.45) is -0.187. The van der Waals surface area contributed by atoms with Gasteiger partial charge in [-0.15, -0.1) is 0 Å². The molecule has 0 aromatic carbocycles. The number of nitrogens with one attached hydrogen (secondary N) is 1. The van der Waals surface area contributed by atoms with E-state index in [0.29, 0.717) is 0 Å². The summed E-state index contributed by atoms with van der Waals surface area (Å²) >= 11 is 0. The molecule has 0 spiro atoms. The number of carbonyl (C=O) groups excluding carboxylic acids is 2. The summed E-state index contributed by atoms with van der Waals surface area (Å²) in [5.74, 6) is -0.524. The summed E-state index contributed by atoms with van der Waals surface area (Å²) in [5, 5.41) is 10.3. The molecule has 0 unspecified atom stereocenters. The Morgan fingerprint density at radius 2 is 2.20 bits per heavy atom. The van der Waals surface area contributed by atoms with Gasteiger partial charge in [0.15, 0.2) is 0 Å². The first-order valence-electron chi connectivity index (χ1n) is 2.80. The van der Waals surface area contributed by atoms with Gasteiger partial charge in [0.05, 0.1) is 12.6 Å². The van der Waals surface area contributed by atoms with Gasteiger partial charge >= 0.3 is 0 Å². The van der Waals surface area contributed by atoms with Crippen LogP contribution in [0.1, 0.15) is 13.3 Å². The molecule has 10 heavy (non-hydrogen) atoms. The highest BCUT2D eigenvalue weighted by Crippen LogP contribution is 1.74. The monoisotopic (exact) mass is 140 g/mol.